The smallest absolute Gasteiger partial charge is 0.188 e. The fraction of sp³-hybridized carbons (Fsp3) is 0.350. The van der Waals surface area contributed by atoms with Gasteiger partial charge in [0.15, 0.2) is 6.79 Å². The lowest BCUT2D eigenvalue weighted by atomic mass is 9.85. The zero-order valence-electron chi connectivity index (χ0n) is 15.4. The average Bonchev–Trinajstić information content (AvgIpc) is 2.59. The first-order valence-corrected chi connectivity index (χ1v) is 8.48. The van der Waals surface area contributed by atoms with E-state index in [9.17, 15) is 0 Å². The summed E-state index contributed by atoms with van der Waals surface area (Å²) in [5.41, 5.74) is 2.58. The van der Waals surface area contributed by atoms with E-state index in [-0.39, 0.29) is 12.2 Å². The number of ether oxygens (including phenoxy) is 3. The molecule has 0 aliphatic rings. The van der Waals surface area contributed by atoms with Crippen LogP contribution in [0.2, 0.25) is 0 Å². The van der Waals surface area contributed by atoms with Crippen molar-refractivity contribution in [1.29, 1.82) is 0 Å². The quantitative estimate of drug-likeness (QED) is 0.594. The second-order valence-corrected chi connectivity index (χ2v) is 7.08. The SMILES string of the molecule is COCOc1c(NC(=S)c2ccccc2)cc(OC)cc1C(C)(C)C. The van der Waals surface area contributed by atoms with Gasteiger partial charge in [0, 0.05) is 24.3 Å². The molecule has 1 N–H and O–H groups in total. The van der Waals surface area contributed by atoms with Crippen LogP contribution in [0.3, 0.4) is 0 Å². The van der Waals surface area contributed by atoms with E-state index in [0.717, 1.165) is 22.6 Å². The van der Waals surface area contributed by atoms with Crippen LogP contribution in [0.15, 0.2) is 42.5 Å². The first-order chi connectivity index (χ1) is 11.9. The normalized spacial score (nSPS) is 11.1. The van der Waals surface area contributed by atoms with Crippen LogP contribution in [-0.4, -0.2) is 26.0 Å². The van der Waals surface area contributed by atoms with Gasteiger partial charge in [-0.3, -0.25) is 0 Å². The number of nitrogens with one attached hydrogen (secondary N) is 1. The summed E-state index contributed by atoms with van der Waals surface area (Å²) in [6.45, 7) is 6.53. The van der Waals surface area contributed by atoms with E-state index in [1.54, 1.807) is 14.2 Å². The number of rotatable bonds is 6. The molecule has 2 aromatic rings. The molecule has 0 aromatic heterocycles. The minimum Gasteiger partial charge on any atom is -0.497 e. The van der Waals surface area contributed by atoms with Crippen LogP contribution < -0.4 is 14.8 Å². The molecule has 0 radical (unpaired) electrons. The Balaban J connectivity index is 2.48. The molecule has 25 heavy (non-hydrogen) atoms. The van der Waals surface area contributed by atoms with Crippen LogP contribution in [0, 0.1) is 0 Å². The number of hydrogen-bond donors (Lipinski definition) is 1. The second-order valence-electron chi connectivity index (χ2n) is 6.67. The zero-order chi connectivity index (χ0) is 18.4. The molecule has 0 unspecified atom stereocenters. The van der Waals surface area contributed by atoms with Crippen molar-refractivity contribution >= 4 is 22.9 Å². The van der Waals surface area contributed by atoms with Crippen LogP contribution in [0.4, 0.5) is 5.69 Å². The van der Waals surface area contributed by atoms with Crippen molar-refractivity contribution in [3.8, 4) is 11.5 Å². The van der Waals surface area contributed by atoms with E-state index in [2.05, 4.69) is 26.1 Å². The summed E-state index contributed by atoms with van der Waals surface area (Å²) in [4.78, 5) is 0.621. The lowest BCUT2D eigenvalue weighted by Gasteiger charge is -2.26. The van der Waals surface area contributed by atoms with Gasteiger partial charge < -0.3 is 19.5 Å². The van der Waals surface area contributed by atoms with Gasteiger partial charge in [-0.15, -0.1) is 0 Å². The van der Waals surface area contributed by atoms with Gasteiger partial charge in [0.1, 0.15) is 16.5 Å². The summed E-state index contributed by atoms with van der Waals surface area (Å²) in [6.07, 6.45) is 0. The number of thiocarbonyl (C=S) groups is 1. The van der Waals surface area contributed by atoms with Crippen LogP contribution in [0.1, 0.15) is 31.9 Å². The molecule has 0 saturated heterocycles. The number of anilines is 1. The fourth-order valence-corrected chi connectivity index (χ4v) is 2.67. The molecule has 0 heterocycles. The monoisotopic (exact) mass is 359 g/mol. The molecule has 0 atom stereocenters. The van der Waals surface area contributed by atoms with Gasteiger partial charge in [-0.05, 0) is 11.5 Å². The molecule has 2 aromatic carbocycles. The van der Waals surface area contributed by atoms with Crippen molar-refractivity contribution in [2.45, 2.75) is 26.2 Å². The van der Waals surface area contributed by atoms with Crippen LogP contribution in [0.5, 0.6) is 11.5 Å². The fourth-order valence-electron chi connectivity index (χ4n) is 2.43. The third kappa shape index (κ3) is 4.94. The average molecular weight is 359 g/mol. The van der Waals surface area contributed by atoms with E-state index in [4.69, 9.17) is 26.4 Å². The minimum absolute atomic E-state index is 0.136. The topological polar surface area (TPSA) is 39.7 Å². The maximum atomic E-state index is 5.88. The summed E-state index contributed by atoms with van der Waals surface area (Å²) < 4.78 is 16.4. The molecular weight excluding hydrogens is 334 g/mol. The Morgan fingerprint density at radius 2 is 1.76 bits per heavy atom. The van der Waals surface area contributed by atoms with Gasteiger partial charge in [-0.1, -0.05) is 63.3 Å². The summed E-state index contributed by atoms with van der Waals surface area (Å²) in [6, 6.07) is 13.7. The predicted molar refractivity (Wildman–Crippen MR) is 106 cm³/mol. The first kappa shape index (κ1) is 19.2. The Labute approximate surface area is 155 Å². The molecule has 0 fully saturated rings. The lowest BCUT2D eigenvalue weighted by Crippen LogP contribution is -2.18. The Morgan fingerprint density at radius 1 is 1.08 bits per heavy atom. The Morgan fingerprint density at radius 3 is 2.32 bits per heavy atom. The number of benzene rings is 2. The van der Waals surface area contributed by atoms with Crippen molar-refractivity contribution in [3.63, 3.8) is 0 Å². The highest BCUT2D eigenvalue weighted by Crippen LogP contribution is 2.40. The van der Waals surface area contributed by atoms with Crippen LogP contribution >= 0.6 is 12.2 Å². The molecule has 4 nitrogen and oxygen atoms in total. The highest BCUT2D eigenvalue weighted by atomic mass is 32.1. The first-order valence-electron chi connectivity index (χ1n) is 8.07. The minimum atomic E-state index is -0.136. The molecule has 134 valence electrons. The highest BCUT2D eigenvalue weighted by molar-refractivity contribution is 7.81. The lowest BCUT2D eigenvalue weighted by molar-refractivity contribution is 0.0503. The Bertz CT molecular complexity index is 724. The van der Waals surface area contributed by atoms with Gasteiger partial charge >= 0.3 is 0 Å². The van der Waals surface area contributed by atoms with Crippen LogP contribution in [-0.2, 0) is 10.2 Å². The van der Waals surface area contributed by atoms with Crippen molar-refractivity contribution in [2.24, 2.45) is 0 Å². The molecule has 0 aliphatic carbocycles. The van der Waals surface area contributed by atoms with E-state index in [1.165, 1.54) is 0 Å². The number of hydrogen-bond acceptors (Lipinski definition) is 4. The molecule has 0 aliphatic heterocycles. The van der Waals surface area contributed by atoms with Gasteiger partial charge in [0.2, 0.25) is 0 Å². The van der Waals surface area contributed by atoms with Crippen molar-refractivity contribution in [3.05, 3.63) is 53.6 Å². The zero-order valence-corrected chi connectivity index (χ0v) is 16.2. The Kier molecular flexibility index (Phi) is 6.39. The van der Waals surface area contributed by atoms with Gasteiger partial charge in [-0.25, -0.2) is 0 Å². The summed E-state index contributed by atoms with van der Waals surface area (Å²) in [7, 11) is 3.25. The molecule has 0 spiro atoms. The highest BCUT2D eigenvalue weighted by Gasteiger charge is 2.24. The predicted octanol–water partition coefficient (Wildman–Crippen LogP) is 4.76. The Hall–Kier alpha value is -2.11. The molecule has 0 amide bonds. The van der Waals surface area contributed by atoms with E-state index in [0.29, 0.717) is 10.7 Å². The van der Waals surface area contributed by atoms with Crippen LogP contribution in [0.25, 0.3) is 0 Å². The molecular formula is C20H25NO3S. The van der Waals surface area contributed by atoms with Crippen molar-refractivity contribution < 1.29 is 14.2 Å². The molecule has 0 saturated carbocycles. The third-order valence-corrected chi connectivity index (χ3v) is 4.05. The maximum absolute atomic E-state index is 5.88. The molecule has 5 heteroatoms. The van der Waals surface area contributed by atoms with E-state index < -0.39 is 0 Å². The van der Waals surface area contributed by atoms with Gasteiger partial charge in [0.05, 0.1) is 12.8 Å². The van der Waals surface area contributed by atoms with E-state index in [1.807, 2.05) is 42.5 Å². The van der Waals surface area contributed by atoms with E-state index >= 15 is 0 Å². The summed E-state index contributed by atoms with van der Waals surface area (Å²) in [5, 5.41) is 3.29. The van der Waals surface area contributed by atoms with Crippen molar-refractivity contribution in [1.82, 2.24) is 0 Å². The second kappa shape index (κ2) is 8.32. The molecule has 0 bridgehead atoms. The van der Waals surface area contributed by atoms with Gasteiger partial charge in [0.25, 0.3) is 0 Å². The van der Waals surface area contributed by atoms with Gasteiger partial charge in [-0.2, -0.15) is 0 Å². The third-order valence-electron chi connectivity index (χ3n) is 3.71. The van der Waals surface area contributed by atoms with Crippen molar-refractivity contribution in [2.75, 3.05) is 26.3 Å². The number of methoxy groups -OCH3 is 2. The summed E-state index contributed by atoms with van der Waals surface area (Å²) in [5.74, 6) is 1.46. The largest absolute Gasteiger partial charge is 0.497 e. The standard InChI is InChI=1S/C20H25NO3S/c1-20(2,3)16-11-15(23-5)12-17(18(16)24-13-22-4)21-19(25)14-9-7-6-8-10-14/h6-12H,13H2,1-5H3,(H,21,25). The molecule has 2 rings (SSSR count). The summed E-state index contributed by atoms with van der Waals surface area (Å²) >= 11 is 5.55. The maximum Gasteiger partial charge on any atom is 0.188 e.